The largest absolute Gasteiger partial charge is 0.497 e. The number of benzene rings is 3. The van der Waals surface area contributed by atoms with Gasteiger partial charge in [-0.1, -0.05) is 35.9 Å². The summed E-state index contributed by atoms with van der Waals surface area (Å²) < 4.78 is 28.4. The lowest BCUT2D eigenvalue weighted by atomic mass is 9.96. The normalized spacial score (nSPS) is 24.5. The molecular weight excluding hydrogens is 545 g/mol. The number of nitrogens with zero attached hydrogens (tertiary/aromatic N) is 4. The smallest absolute Gasteiger partial charge is 0.319 e. The third-order valence-electron chi connectivity index (χ3n) is 8.77. The van der Waals surface area contributed by atoms with Gasteiger partial charge in [-0.15, -0.1) is 0 Å². The Morgan fingerprint density at radius 2 is 1.85 bits per heavy atom. The lowest BCUT2D eigenvalue weighted by Gasteiger charge is -2.34. The molecule has 41 heavy (non-hydrogen) atoms. The van der Waals surface area contributed by atoms with Gasteiger partial charge in [0.1, 0.15) is 23.7 Å². The number of aliphatic hydroxyl groups excluding tert-OH is 1. The Bertz CT molecular complexity index is 1630. The monoisotopic (exact) mass is 577 g/mol. The summed E-state index contributed by atoms with van der Waals surface area (Å²) in [7, 11) is 3.55. The van der Waals surface area contributed by atoms with Crippen molar-refractivity contribution < 1.29 is 19.0 Å². The van der Waals surface area contributed by atoms with E-state index in [2.05, 4.69) is 20.1 Å². The van der Waals surface area contributed by atoms with Crippen LogP contribution in [0.5, 0.6) is 11.8 Å². The molecule has 0 saturated carbocycles. The van der Waals surface area contributed by atoms with E-state index in [0.717, 1.165) is 36.7 Å². The van der Waals surface area contributed by atoms with E-state index in [-0.39, 0.29) is 28.2 Å². The second-order valence-electron chi connectivity index (χ2n) is 11.5. The predicted molar refractivity (Wildman–Crippen MR) is 159 cm³/mol. The molecule has 0 aliphatic carbocycles. The molecule has 3 fully saturated rings. The van der Waals surface area contributed by atoms with E-state index >= 15 is 4.39 Å². The lowest BCUT2D eigenvalue weighted by molar-refractivity contribution is 0.182. The van der Waals surface area contributed by atoms with Crippen LogP contribution in [-0.2, 0) is 0 Å². The van der Waals surface area contributed by atoms with Crippen LogP contribution in [0, 0.1) is 5.82 Å². The number of likely N-dealkylation sites (N-methyl/N-ethyl adjacent to an activating group) is 1. The summed E-state index contributed by atoms with van der Waals surface area (Å²) in [4.78, 5) is 13.7. The van der Waals surface area contributed by atoms with Gasteiger partial charge in [-0.05, 0) is 60.8 Å². The van der Waals surface area contributed by atoms with Gasteiger partial charge < -0.3 is 24.8 Å². The molecule has 3 saturated heterocycles. The molecule has 214 valence electrons. The van der Waals surface area contributed by atoms with Crippen LogP contribution < -0.4 is 19.7 Å². The van der Waals surface area contributed by atoms with Crippen molar-refractivity contribution in [3.8, 4) is 22.9 Å². The number of methoxy groups -OCH3 is 1. The van der Waals surface area contributed by atoms with Crippen molar-refractivity contribution in [2.24, 2.45) is 0 Å². The summed E-state index contributed by atoms with van der Waals surface area (Å²) in [5.41, 5.74) is 1.07. The van der Waals surface area contributed by atoms with Crippen LogP contribution in [0.15, 0.2) is 42.5 Å². The molecule has 0 radical (unpaired) electrons. The molecule has 0 amide bonds. The van der Waals surface area contributed by atoms with Crippen LogP contribution >= 0.6 is 11.6 Å². The number of halogens is 2. The van der Waals surface area contributed by atoms with Crippen molar-refractivity contribution in [2.45, 2.75) is 43.5 Å². The number of hydrogen-bond acceptors (Lipinski definition) is 8. The number of ether oxygens (including phenoxy) is 2. The number of anilines is 1. The molecule has 4 aromatic rings. The standard InChI is InChI=1S/C31H33ClFN5O3/c1-37-15-21(39)10-20(37)16-41-31-35-29-25(30(36-31)38-13-18-7-8-19(14-38)34-18)12-26(32)27(28(29)33)24-11-22(40-2)9-17-5-3-4-6-23(17)24/h3-6,9,11-12,18-21,34,39H,7-8,10,13-16H2,1-2H3/t18?,19?,20-,21+/m0/s1. The Morgan fingerprint density at radius 3 is 2.59 bits per heavy atom. The first kappa shape index (κ1) is 26.6. The highest BCUT2D eigenvalue weighted by atomic mass is 35.5. The van der Waals surface area contributed by atoms with Gasteiger partial charge in [0.25, 0.3) is 0 Å². The van der Waals surface area contributed by atoms with Crippen molar-refractivity contribution >= 4 is 39.1 Å². The minimum atomic E-state index is -0.522. The summed E-state index contributed by atoms with van der Waals surface area (Å²) in [5, 5.41) is 16.4. The summed E-state index contributed by atoms with van der Waals surface area (Å²) >= 11 is 6.91. The Labute approximate surface area is 243 Å². The maximum absolute atomic E-state index is 16.8. The average molecular weight is 578 g/mol. The number of fused-ring (bicyclic) bond motifs is 4. The summed E-state index contributed by atoms with van der Waals surface area (Å²) in [6.07, 6.45) is 2.42. The van der Waals surface area contributed by atoms with Crippen LogP contribution in [0.1, 0.15) is 19.3 Å². The molecule has 2 N–H and O–H groups in total. The van der Waals surface area contributed by atoms with E-state index in [9.17, 15) is 5.11 Å². The molecule has 2 unspecified atom stereocenters. The van der Waals surface area contributed by atoms with Gasteiger partial charge in [-0.2, -0.15) is 9.97 Å². The van der Waals surface area contributed by atoms with E-state index in [1.54, 1.807) is 13.2 Å². The fourth-order valence-electron chi connectivity index (χ4n) is 6.71. The number of aliphatic hydroxyl groups is 1. The number of aromatic nitrogens is 2. The van der Waals surface area contributed by atoms with Crippen LogP contribution in [0.4, 0.5) is 10.2 Å². The zero-order valence-corrected chi connectivity index (χ0v) is 23.9. The number of hydrogen-bond donors (Lipinski definition) is 2. The number of rotatable bonds is 6. The van der Waals surface area contributed by atoms with Crippen LogP contribution in [0.3, 0.4) is 0 Å². The third-order valence-corrected chi connectivity index (χ3v) is 9.07. The van der Waals surface area contributed by atoms with Crippen molar-refractivity contribution in [2.75, 3.05) is 45.3 Å². The average Bonchev–Trinajstić information content (AvgIpc) is 3.49. The molecule has 2 bridgehead atoms. The SMILES string of the molecule is COc1cc(-c2c(Cl)cc3c(N4CC5CCC(C4)N5)nc(OC[C@@H]4C[C@@H](O)CN4C)nc3c2F)c2ccccc2c1. The van der Waals surface area contributed by atoms with Gasteiger partial charge in [0.2, 0.25) is 0 Å². The molecular formula is C31H33ClFN5O3. The fraction of sp³-hybridized carbons (Fsp3) is 0.419. The fourth-order valence-corrected chi connectivity index (χ4v) is 7.00. The molecule has 3 aliphatic heterocycles. The predicted octanol–water partition coefficient (Wildman–Crippen LogP) is 4.64. The number of piperazine rings is 1. The van der Waals surface area contributed by atoms with Crippen LogP contribution in [0.25, 0.3) is 32.8 Å². The molecule has 8 nitrogen and oxygen atoms in total. The van der Waals surface area contributed by atoms with E-state index in [1.807, 2.05) is 43.4 Å². The zero-order valence-electron chi connectivity index (χ0n) is 23.1. The molecule has 4 atom stereocenters. The van der Waals surface area contributed by atoms with Crippen molar-refractivity contribution in [1.29, 1.82) is 0 Å². The lowest BCUT2D eigenvalue weighted by Crippen LogP contribution is -2.51. The van der Waals surface area contributed by atoms with Crippen LogP contribution in [0.2, 0.25) is 5.02 Å². The molecule has 4 heterocycles. The molecule has 0 spiro atoms. The van der Waals surface area contributed by atoms with E-state index in [0.29, 0.717) is 54.2 Å². The number of β-amino-alcohol motifs (C(OH)–C–C–N with tert-alkyl or cyclic N) is 1. The quantitative estimate of drug-likeness (QED) is 0.343. The second kappa shape index (κ2) is 10.5. The topological polar surface area (TPSA) is 83.0 Å². The molecule has 3 aromatic carbocycles. The maximum atomic E-state index is 16.8. The minimum absolute atomic E-state index is 0.0246. The van der Waals surface area contributed by atoms with E-state index in [4.69, 9.17) is 26.1 Å². The zero-order chi connectivity index (χ0) is 28.2. The maximum Gasteiger partial charge on any atom is 0.319 e. The molecule has 1 aromatic heterocycles. The highest BCUT2D eigenvalue weighted by Gasteiger charge is 2.35. The summed E-state index contributed by atoms with van der Waals surface area (Å²) in [6, 6.07) is 14.2. The van der Waals surface area contributed by atoms with Gasteiger partial charge >= 0.3 is 6.01 Å². The van der Waals surface area contributed by atoms with Crippen molar-refractivity contribution in [3.63, 3.8) is 0 Å². The van der Waals surface area contributed by atoms with E-state index < -0.39 is 11.9 Å². The highest BCUT2D eigenvalue weighted by molar-refractivity contribution is 6.35. The first-order valence-corrected chi connectivity index (χ1v) is 14.5. The summed E-state index contributed by atoms with van der Waals surface area (Å²) in [6.45, 7) is 2.42. The number of nitrogens with one attached hydrogen (secondary N) is 1. The van der Waals surface area contributed by atoms with Crippen molar-refractivity contribution in [1.82, 2.24) is 20.2 Å². The van der Waals surface area contributed by atoms with Gasteiger partial charge in [0.05, 0.1) is 18.2 Å². The van der Waals surface area contributed by atoms with Gasteiger partial charge in [0.15, 0.2) is 5.82 Å². The molecule has 10 heteroatoms. The first-order chi connectivity index (χ1) is 19.9. The Hall–Kier alpha value is -3.24. The van der Waals surface area contributed by atoms with Crippen molar-refractivity contribution in [3.05, 3.63) is 53.3 Å². The minimum Gasteiger partial charge on any atom is -0.497 e. The first-order valence-electron chi connectivity index (χ1n) is 14.2. The Balaban J connectivity index is 1.38. The molecule has 3 aliphatic rings. The summed E-state index contributed by atoms with van der Waals surface area (Å²) in [5.74, 6) is 0.720. The second-order valence-corrected chi connectivity index (χ2v) is 11.9. The molecule has 7 rings (SSSR count). The van der Waals surface area contributed by atoms with Gasteiger partial charge in [0, 0.05) is 48.7 Å². The Kier molecular flexibility index (Phi) is 6.85. The van der Waals surface area contributed by atoms with E-state index in [1.165, 1.54) is 0 Å². The third kappa shape index (κ3) is 4.84. The van der Waals surface area contributed by atoms with Crippen LogP contribution in [-0.4, -0.2) is 84.6 Å². The number of likely N-dealkylation sites (tertiary alicyclic amines) is 1. The Morgan fingerprint density at radius 1 is 1.07 bits per heavy atom. The van der Waals surface area contributed by atoms with Gasteiger partial charge in [-0.3, -0.25) is 4.90 Å². The highest BCUT2D eigenvalue weighted by Crippen LogP contribution is 2.43. The van der Waals surface area contributed by atoms with Gasteiger partial charge in [-0.25, -0.2) is 4.39 Å².